The Morgan fingerprint density at radius 2 is 1.66 bits per heavy atom. The van der Waals surface area contributed by atoms with Crippen LogP contribution in [0.15, 0.2) is 18.2 Å². The fourth-order valence-corrected chi connectivity index (χ4v) is 7.38. The van der Waals surface area contributed by atoms with Crippen LogP contribution in [0.3, 0.4) is 0 Å². The first-order valence-corrected chi connectivity index (χ1v) is 17.4. The van der Waals surface area contributed by atoms with Crippen molar-refractivity contribution < 1.29 is 26.8 Å². The summed E-state index contributed by atoms with van der Waals surface area (Å²) in [5, 5.41) is 5.21. The van der Waals surface area contributed by atoms with Crippen molar-refractivity contribution in [2.45, 2.75) is 63.1 Å². The number of nitrogens with one attached hydrogen (secondary N) is 2. The van der Waals surface area contributed by atoms with E-state index in [1.54, 1.807) is 17.0 Å². The Bertz CT molecular complexity index is 1300. The van der Waals surface area contributed by atoms with Gasteiger partial charge in [-0.15, -0.1) is 0 Å². The summed E-state index contributed by atoms with van der Waals surface area (Å²) in [5.41, 5.74) is 0.858. The Hall–Kier alpha value is -1.89. The number of carbonyl (C=O) groups excluding carboxylic acids is 2. The predicted molar refractivity (Wildman–Crippen MR) is 170 cm³/mol. The number of benzene rings is 1. The van der Waals surface area contributed by atoms with Crippen LogP contribution in [0.5, 0.6) is 0 Å². The molecule has 44 heavy (non-hydrogen) atoms. The molecule has 1 saturated carbocycles. The van der Waals surface area contributed by atoms with Crippen molar-refractivity contribution in [3.05, 3.63) is 28.8 Å². The second kappa shape index (κ2) is 13.8. The van der Waals surface area contributed by atoms with Gasteiger partial charge in [0.1, 0.15) is 0 Å². The van der Waals surface area contributed by atoms with Gasteiger partial charge in [0.2, 0.25) is 27.8 Å². The highest BCUT2D eigenvalue weighted by molar-refractivity contribution is 7.88. The lowest BCUT2D eigenvalue weighted by atomic mass is 9.56. The van der Waals surface area contributed by atoms with Gasteiger partial charge < -0.3 is 20.4 Å². The van der Waals surface area contributed by atoms with Crippen molar-refractivity contribution in [2.75, 3.05) is 63.9 Å². The number of anilines is 1. The smallest absolute Gasteiger partial charge is 0.248 e. The van der Waals surface area contributed by atoms with E-state index in [2.05, 4.69) is 10.6 Å². The van der Waals surface area contributed by atoms with Crippen molar-refractivity contribution in [3.8, 4) is 0 Å². The number of hydrogen-bond acceptors (Lipinski definition) is 6. The molecule has 0 unspecified atom stereocenters. The molecule has 15 heteroatoms. The van der Waals surface area contributed by atoms with Crippen LogP contribution < -0.4 is 10.6 Å². The van der Waals surface area contributed by atoms with Crippen LogP contribution in [0.2, 0.25) is 5.02 Å². The van der Waals surface area contributed by atoms with E-state index in [9.17, 15) is 26.8 Å². The lowest BCUT2D eigenvalue weighted by Gasteiger charge is -2.46. The molecule has 0 atom stereocenters. The van der Waals surface area contributed by atoms with Crippen molar-refractivity contribution >= 4 is 54.8 Å². The molecule has 2 heterocycles. The van der Waals surface area contributed by atoms with Crippen molar-refractivity contribution in [3.63, 3.8) is 0 Å². The van der Waals surface area contributed by atoms with E-state index in [1.165, 1.54) is 10.6 Å². The highest BCUT2D eigenvalue weighted by Gasteiger charge is 2.42. The van der Waals surface area contributed by atoms with E-state index in [1.807, 2.05) is 17.9 Å². The summed E-state index contributed by atoms with van der Waals surface area (Å²) >= 11 is 6.34. The number of amides is 2. The average molecular weight is 652 g/mol. The van der Waals surface area contributed by atoms with Crippen LogP contribution in [0.25, 0.3) is 0 Å². The SMILES string of the molecule is [B]C([B])(c1cc(Cl)ccc1NCC1CCN(S(C)(=O)=O)CC1)N1CCN(C(=O)CNC(=O)CC2(C)CCC(F)(F)CC2)CC1. The number of sulfonamides is 1. The lowest BCUT2D eigenvalue weighted by molar-refractivity contribution is -0.135. The molecule has 1 aliphatic carbocycles. The summed E-state index contributed by atoms with van der Waals surface area (Å²) in [5.74, 6) is -2.92. The molecular weight excluding hydrogens is 609 g/mol. The highest BCUT2D eigenvalue weighted by atomic mass is 35.5. The zero-order valence-corrected chi connectivity index (χ0v) is 27.2. The van der Waals surface area contributed by atoms with E-state index in [0.29, 0.717) is 56.4 Å². The van der Waals surface area contributed by atoms with Crippen LogP contribution in [0.4, 0.5) is 14.5 Å². The summed E-state index contributed by atoms with van der Waals surface area (Å²) in [7, 11) is 10.2. The van der Waals surface area contributed by atoms with Gasteiger partial charge in [-0.1, -0.05) is 18.5 Å². The fraction of sp³-hybridized carbons (Fsp3) is 0.724. The minimum atomic E-state index is -3.19. The molecule has 240 valence electrons. The van der Waals surface area contributed by atoms with Gasteiger partial charge in [0.15, 0.2) is 0 Å². The molecule has 3 fully saturated rings. The summed E-state index contributed by atoms with van der Waals surface area (Å²) in [6, 6.07) is 5.32. The molecule has 1 aromatic rings. The average Bonchev–Trinajstić information content (AvgIpc) is 2.97. The maximum atomic E-state index is 13.5. The largest absolute Gasteiger partial charge is 0.385 e. The number of halogens is 3. The van der Waals surface area contributed by atoms with E-state index < -0.39 is 26.7 Å². The van der Waals surface area contributed by atoms with Gasteiger partial charge in [0, 0.05) is 75.8 Å². The van der Waals surface area contributed by atoms with E-state index in [-0.39, 0.29) is 56.4 Å². The second-order valence-electron chi connectivity index (χ2n) is 13.0. The number of piperazine rings is 1. The molecule has 3 aliphatic rings. The molecule has 2 aliphatic heterocycles. The summed E-state index contributed by atoms with van der Waals surface area (Å²) < 4.78 is 52.2. The number of hydrogen-bond donors (Lipinski definition) is 2. The zero-order chi connectivity index (χ0) is 32.3. The molecule has 4 radical (unpaired) electrons. The Labute approximate surface area is 267 Å². The molecule has 2 N–H and O–H groups in total. The van der Waals surface area contributed by atoms with Gasteiger partial charge in [-0.3, -0.25) is 9.59 Å². The van der Waals surface area contributed by atoms with Crippen LogP contribution in [-0.4, -0.2) is 115 Å². The quantitative estimate of drug-likeness (QED) is 0.378. The summed E-state index contributed by atoms with van der Waals surface area (Å²) in [4.78, 5) is 28.9. The molecule has 2 saturated heterocycles. The Morgan fingerprint density at radius 1 is 1.05 bits per heavy atom. The van der Waals surface area contributed by atoms with Crippen molar-refractivity contribution in [2.24, 2.45) is 11.3 Å². The normalized spacial score (nSPS) is 22.0. The Balaban J connectivity index is 1.27. The number of carbonyl (C=O) groups is 2. The van der Waals surface area contributed by atoms with Crippen molar-refractivity contribution in [1.29, 1.82) is 0 Å². The third-order valence-corrected chi connectivity index (χ3v) is 10.9. The molecule has 9 nitrogen and oxygen atoms in total. The van der Waals surface area contributed by atoms with Crippen LogP contribution in [0, 0.1) is 11.3 Å². The third-order valence-electron chi connectivity index (χ3n) is 9.41. The van der Waals surface area contributed by atoms with Gasteiger partial charge in [-0.25, -0.2) is 21.5 Å². The molecule has 0 bridgehead atoms. The zero-order valence-electron chi connectivity index (χ0n) is 25.6. The first-order valence-electron chi connectivity index (χ1n) is 15.2. The van der Waals surface area contributed by atoms with Crippen molar-refractivity contribution in [1.82, 2.24) is 19.4 Å². The van der Waals surface area contributed by atoms with E-state index in [4.69, 9.17) is 27.3 Å². The monoisotopic (exact) mass is 651 g/mol. The molecule has 0 spiro atoms. The number of rotatable bonds is 10. The maximum Gasteiger partial charge on any atom is 0.248 e. The number of nitrogens with zero attached hydrogens (tertiary/aromatic N) is 3. The van der Waals surface area contributed by atoms with Gasteiger partial charge >= 0.3 is 0 Å². The molecule has 2 amide bonds. The number of alkyl halides is 2. The second-order valence-corrected chi connectivity index (χ2v) is 15.4. The van der Waals surface area contributed by atoms with Gasteiger partial charge in [-0.2, -0.15) is 0 Å². The minimum absolute atomic E-state index is 0.114. The molecule has 1 aromatic carbocycles. The summed E-state index contributed by atoms with van der Waals surface area (Å²) in [6.45, 7) is 4.81. The van der Waals surface area contributed by atoms with Gasteiger partial charge in [0.25, 0.3) is 0 Å². The van der Waals surface area contributed by atoms with E-state index >= 15 is 0 Å². The predicted octanol–water partition coefficient (Wildman–Crippen LogP) is 2.74. The lowest BCUT2D eigenvalue weighted by Crippen LogP contribution is -2.58. The molecular formula is C29H42B2ClF2N5O4S. The van der Waals surface area contributed by atoms with Gasteiger partial charge in [0.05, 0.1) is 28.5 Å². The Morgan fingerprint density at radius 3 is 2.25 bits per heavy atom. The molecule has 4 rings (SSSR count). The first kappa shape index (κ1) is 35.0. The summed E-state index contributed by atoms with van der Waals surface area (Å²) in [6.07, 6.45) is 2.95. The number of piperidine rings is 1. The topological polar surface area (TPSA) is 102 Å². The Kier molecular flexibility index (Phi) is 11.0. The minimum Gasteiger partial charge on any atom is -0.385 e. The standard InChI is InChI=1S/C29H42B2ClF2N5O4S/c1-27(7-9-28(33,34)10-8-27)18-25(40)36-20-26(41)37-13-15-38(16-14-37)29(30,31)23-17-22(32)3-4-24(23)35-19-21-5-11-39(12-6-21)44(2,42)43/h3-4,17,21,35H,5-16,18-20H2,1-2H3,(H,36,40). The van der Waals surface area contributed by atoms with E-state index in [0.717, 1.165) is 18.5 Å². The van der Waals surface area contributed by atoms with Crippen LogP contribution >= 0.6 is 11.6 Å². The van der Waals surface area contributed by atoms with Crippen LogP contribution in [-0.2, 0) is 24.9 Å². The molecule has 0 aromatic heterocycles. The first-order chi connectivity index (χ1) is 20.5. The fourth-order valence-electron chi connectivity index (χ4n) is 6.33. The maximum absolute atomic E-state index is 13.5. The van der Waals surface area contributed by atoms with Crippen LogP contribution in [0.1, 0.15) is 57.4 Å². The highest BCUT2D eigenvalue weighted by Crippen LogP contribution is 2.45. The van der Waals surface area contributed by atoms with Gasteiger partial charge in [-0.05, 0) is 66.1 Å². The third kappa shape index (κ3) is 9.10.